The van der Waals surface area contributed by atoms with Gasteiger partial charge < -0.3 is 10.3 Å². The summed E-state index contributed by atoms with van der Waals surface area (Å²) in [6.45, 7) is 2.30. The van der Waals surface area contributed by atoms with Gasteiger partial charge in [0.05, 0.1) is 15.5 Å². The van der Waals surface area contributed by atoms with Gasteiger partial charge in [0.2, 0.25) is 5.95 Å². The molecule has 0 spiro atoms. The molecule has 1 aliphatic carbocycles. The van der Waals surface area contributed by atoms with Crippen LogP contribution in [0.3, 0.4) is 0 Å². The molecule has 2 aromatic rings. The molecule has 1 aromatic carbocycles. The van der Waals surface area contributed by atoms with E-state index in [1.54, 1.807) is 6.07 Å². The van der Waals surface area contributed by atoms with Gasteiger partial charge in [0.15, 0.2) is 0 Å². The normalized spacial score (nSPS) is 23.9. The van der Waals surface area contributed by atoms with Gasteiger partial charge in [-0.1, -0.05) is 19.8 Å². The molecule has 2 unspecified atom stereocenters. The van der Waals surface area contributed by atoms with Crippen molar-refractivity contribution in [3.8, 4) is 0 Å². The van der Waals surface area contributed by atoms with Crippen LogP contribution in [0.4, 0.5) is 10.3 Å². The molecule has 1 saturated carbocycles. The lowest BCUT2D eigenvalue weighted by atomic mass is 10.0. The van der Waals surface area contributed by atoms with Crippen LogP contribution < -0.4 is 5.73 Å². The van der Waals surface area contributed by atoms with E-state index in [1.807, 2.05) is 4.57 Å². The Morgan fingerprint density at radius 1 is 1.30 bits per heavy atom. The molecule has 1 heterocycles. The molecule has 1 aromatic heterocycles. The van der Waals surface area contributed by atoms with Gasteiger partial charge in [0.25, 0.3) is 0 Å². The summed E-state index contributed by atoms with van der Waals surface area (Å²) in [4.78, 5) is 4.38. The number of nitrogen functional groups attached to an aromatic ring is 1. The van der Waals surface area contributed by atoms with Crippen LogP contribution in [-0.4, -0.2) is 9.55 Å². The number of fused-ring (bicyclic) bond motifs is 1. The van der Waals surface area contributed by atoms with Crippen LogP contribution in [-0.2, 0) is 0 Å². The number of benzene rings is 1. The van der Waals surface area contributed by atoms with E-state index in [2.05, 4.69) is 27.8 Å². The van der Waals surface area contributed by atoms with Crippen LogP contribution in [0, 0.1) is 11.7 Å². The molecular formula is C15H19BrFN3. The molecule has 3 rings (SSSR count). The first-order valence-corrected chi connectivity index (χ1v) is 7.98. The summed E-state index contributed by atoms with van der Waals surface area (Å²) in [6.07, 6.45) is 5.85. The monoisotopic (exact) mass is 339 g/mol. The van der Waals surface area contributed by atoms with Crippen molar-refractivity contribution in [1.82, 2.24) is 9.55 Å². The summed E-state index contributed by atoms with van der Waals surface area (Å²) in [7, 11) is 0. The topological polar surface area (TPSA) is 43.8 Å². The number of aromatic nitrogens is 2. The minimum atomic E-state index is -0.263. The third-order valence-corrected chi connectivity index (χ3v) is 4.96. The largest absolute Gasteiger partial charge is 0.369 e. The molecule has 0 saturated heterocycles. The second-order valence-corrected chi connectivity index (χ2v) is 6.72. The Kier molecular flexibility index (Phi) is 3.71. The maximum absolute atomic E-state index is 13.8. The zero-order valence-corrected chi connectivity index (χ0v) is 13.2. The fraction of sp³-hybridized carbons (Fsp3) is 0.533. The van der Waals surface area contributed by atoms with E-state index >= 15 is 0 Å². The van der Waals surface area contributed by atoms with Crippen LogP contribution in [0.5, 0.6) is 0 Å². The van der Waals surface area contributed by atoms with Crippen molar-refractivity contribution in [3.05, 3.63) is 22.4 Å². The van der Waals surface area contributed by atoms with Crippen LogP contribution in [0.1, 0.15) is 45.1 Å². The second-order valence-electron chi connectivity index (χ2n) is 5.86. The van der Waals surface area contributed by atoms with E-state index in [9.17, 15) is 4.39 Å². The minimum absolute atomic E-state index is 0.263. The number of hydrogen-bond donors (Lipinski definition) is 1. The van der Waals surface area contributed by atoms with Crippen LogP contribution >= 0.6 is 15.9 Å². The maximum Gasteiger partial charge on any atom is 0.201 e. The standard InChI is InChI=1S/C15H19BrFN3/c1-9-3-2-4-10(6-5-9)20-14-8-12(17)11(16)7-13(14)19-15(20)18/h7-10H,2-6H2,1H3,(H2,18,19). The van der Waals surface area contributed by atoms with Gasteiger partial charge in [-0.3, -0.25) is 0 Å². The summed E-state index contributed by atoms with van der Waals surface area (Å²) in [5.41, 5.74) is 7.65. The van der Waals surface area contributed by atoms with Gasteiger partial charge in [0, 0.05) is 12.1 Å². The molecule has 0 amide bonds. The number of nitrogens with two attached hydrogens (primary N) is 1. The number of nitrogens with zero attached hydrogens (tertiary/aromatic N) is 2. The summed E-state index contributed by atoms with van der Waals surface area (Å²) in [5.74, 6) is 1.000. The van der Waals surface area contributed by atoms with Gasteiger partial charge in [-0.05, 0) is 47.2 Å². The number of halogens is 2. The Bertz CT molecular complexity index is 638. The molecule has 1 aliphatic rings. The Morgan fingerprint density at radius 2 is 2.10 bits per heavy atom. The highest BCUT2D eigenvalue weighted by Crippen LogP contribution is 2.35. The minimum Gasteiger partial charge on any atom is -0.369 e. The summed E-state index contributed by atoms with van der Waals surface area (Å²) >= 11 is 3.20. The molecular weight excluding hydrogens is 321 g/mol. The highest BCUT2D eigenvalue weighted by molar-refractivity contribution is 9.10. The maximum atomic E-state index is 13.8. The lowest BCUT2D eigenvalue weighted by Gasteiger charge is -2.18. The SMILES string of the molecule is CC1CCCC(n2c(N)nc3cc(Br)c(F)cc32)CC1. The molecule has 5 heteroatoms. The Morgan fingerprint density at radius 3 is 2.90 bits per heavy atom. The van der Waals surface area contributed by atoms with Crippen molar-refractivity contribution >= 4 is 32.9 Å². The van der Waals surface area contributed by atoms with Crippen molar-refractivity contribution in [2.24, 2.45) is 5.92 Å². The quantitative estimate of drug-likeness (QED) is 0.767. The first-order valence-electron chi connectivity index (χ1n) is 7.18. The number of anilines is 1. The van der Waals surface area contributed by atoms with E-state index in [-0.39, 0.29) is 5.82 Å². The summed E-state index contributed by atoms with van der Waals surface area (Å²) in [6, 6.07) is 3.58. The van der Waals surface area contributed by atoms with Crippen LogP contribution in [0.25, 0.3) is 11.0 Å². The Balaban J connectivity index is 2.06. The van der Waals surface area contributed by atoms with Crippen molar-refractivity contribution in [1.29, 1.82) is 0 Å². The van der Waals surface area contributed by atoms with Crippen molar-refractivity contribution in [3.63, 3.8) is 0 Å². The second kappa shape index (κ2) is 5.35. The van der Waals surface area contributed by atoms with Gasteiger partial charge in [-0.2, -0.15) is 0 Å². The van der Waals surface area contributed by atoms with E-state index in [0.29, 0.717) is 16.5 Å². The van der Waals surface area contributed by atoms with E-state index in [1.165, 1.54) is 25.3 Å². The summed E-state index contributed by atoms with van der Waals surface area (Å²) in [5, 5.41) is 0. The molecule has 3 nitrogen and oxygen atoms in total. The Hall–Kier alpha value is -1.10. The number of imidazole rings is 1. The highest BCUT2D eigenvalue weighted by atomic mass is 79.9. The molecule has 2 atom stereocenters. The lowest BCUT2D eigenvalue weighted by molar-refractivity contribution is 0.445. The predicted octanol–water partition coefficient (Wildman–Crippen LogP) is 4.66. The summed E-state index contributed by atoms with van der Waals surface area (Å²) < 4.78 is 16.3. The number of hydrogen-bond acceptors (Lipinski definition) is 2. The molecule has 0 aliphatic heterocycles. The zero-order chi connectivity index (χ0) is 14.3. The van der Waals surface area contributed by atoms with Crippen molar-refractivity contribution in [2.45, 2.75) is 45.1 Å². The average molecular weight is 340 g/mol. The molecule has 2 N–H and O–H groups in total. The van der Waals surface area contributed by atoms with E-state index in [4.69, 9.17) is 5.73 Å². The third-order valence-electron chi connectivity index (χ3n) is 4.35. The van der Waals surface area contributed by atoms with Gasteiger partial charge in [-0.15, -0.1) is 0 Å². The smallest absolute Gasteiger partial charge is 0.201 e. The predicted molar refractivity (Wildman–Crippen MR) is 83.1 cm³/mol. The first-order chi connectivity index (χ1) is 9.56. The fourth-order valence-electron chi connectivity index (χ4n) is 3.22. The lowest BCUT2D eigenvalue weighted by Crippen LogP contribution is -2.11. The van der Waals surface area contributed by atoms with E-state index in [0.717, 1.165) is 29.8 Å². The molecule has 0 radical (unpaired) electrons. The van der Waals surface area contributed by atoms with Crippen LogP contribution in [0.2, 0.25) is 0 Å². The van der Waals surface area contributed by atoms with Gasteiger partial charge in [0.1, 0.15) is 5.82 Å². The fourth-order valence-corrected chi connectivity index (χ4v) is 3.55. The molecule has 0 bridgehead atoms. The highest BCUT2D eigenvalue weighted by Gasteiger charge is 2.22. The molecule has 20 heavy (non-hydrogen) atoms. The molecule has 1 fully saturated rings. The first kappa shape index (κ1) is 13.9. The van der Waals surface area contributed by atoms with Crippen LogP contribution in [0.15, 0.2) is 16.6 Å². The Labute approximate surface area is 126 Å². The van der Waals surface area contributed by atoms with Gasteiger partial charge >= 0.3 is 0 Å². The zero-order valence-electron chi connectivity index (χ0n) is 11.6. The van der Waals surface area contributed by atoms with Crippen molar-refractivity contribution in [2.75, 3.05) is 5.73 Å². The average Bonchev–Trinajstić information content (AvgIpc) is 2.57. The number of rotatable bonds is 1. The molecule has 108 valence electrons. The van der Waals surface area contributed by atoms with E-state index < -0.39 is 0 Å². The van der Waals surface area contributed by atoms with Crippen molar-refractivity contribution < 1.29 is 4.39 Å². The third kappa shape index (κ3) is 2.43. The van der Waals surface area contributed by atoms with Gasteiger partial charge in [-0.25, -0.2) is 9.37 Å².